The number of non-ortho nitro benzene ring substituents is 1. The Kier molecular flexibility index (Phi) is 10.2. The number of nitro groups is 1. The Morgan fingerprint density at radius 3 is 1.68 bits per heavy atom. The van der Waals surface area contributed by atoms with Gasteiger partial charge in [-0.15, -0.1) is 0 Å². The van der Waals surface area contributed by atoms with Crippen molar-refractivity contribution in [2.75, 3.05) is 6.16 Å². The molecule has 0 spiro atoms. The number of rotatable bonds is 12. The number of hydrogen-bond acceptors (Lipinski definition) is 4. The molecule has 2 N–H and O–H groups in total. The molecule has 0 saturated carbocycles. The van der Waals surface area contributed by atoms with Crippen LogP contribution in [0.3, 0.4) is 0 Å². The smallest absolute Gasteiger partial charge is 0.269 e. The Balaban J connectivity index is 1.44. The first-order valence-corrected chi connectivity index (χ1v) is 15.8. The molecule has 0 saturated heterocycles. The fourth-order valence-electron chi connectivity index (χ4n) is 5.04. The van der Waals surface area contributed by atoms with Crippen LogP contribution in [0.25, 0.3) is 0 Å². The third-order valence-corrected chi connectivity index (χ3v) is 9.87. The number of carbonyl (C=O) groups is 2. The van der Waals surface area contributed by atoms with E-state index >= 15 is 0 Å². The lowest BCUT2D eigenvalue weighted by Gasteiger charge is -2.28. The molecule has 2 atom stereocenters. The summed E-state index contributed by atoms with van der Waals surface area (Å²) in [7, 11) is -0.809. The van der Waals surface area contributed by atoms with E-state index in [0.717, 1.165) is 5.56 Å². The number of carbonyl (C=O) groups excluding carboxylic acids is 2. The van der Waals surface area contributed by atoms with Crippen LogP contribution in [0.4, 0.5) is 5.69 Å². The van der Waals surface area contributed by atoms with Crippen LogP contribution < -0.4 is 21.2 Å². The molecule has 0 aliphatic rings. The van der Waals surface area contributed by atoms with Gasteiger partial charge in [-0.2, -0.15) is 0 Å². The summed E-state index contributed by atoms with van der Waals surface area (Å²) < 4.78 is 0. The maximum absolute atomic E-state index is 14.1. The Morgan fingerprint density at radius 1 is 0.659 bits per heavy atom. The van der Waals surface area contributed by atoms with Crippen molar-refractivity contribution in [1.82, 2.24) is 10.6 Å². The van der Waals surface area contributed by atoms with Gasteiger partial charge >= 0.3 is 0 Å². The number of nitrogens with zero attached hydrogens (tertiary/aromatic N) is 1. The maximum atomic E-state index is 14.1. The van der Waals surface area contributed by atoms with E-state index in [1.54, 1.807) is 12.1 Å². The zero-order valence-corrected chi connectivity index (χ0v) is 24.8. The van der Waals surface area contributed by atoms with E-state index in [1.165, 1.54) is 34.9 Å². The van der Waals surface area contributed by atoms with E-state index in [1.807, 2.05) is 72.8 Å². The molecule has 2 amide bonds. The minimum Gasteiger partial charge on any atom is -0.351 e. The zero-order valence-electron chi connectivity index (χ0n) is 24.0. The fourth-order valence-corrected chi connectivity index (χ4v) is 7.48. The fraction of sp³-hybridized carbons (Fsp3) is 0.111. The third kappa shape index (κ3) is 8.03. The summed E-state index contributed by atoms with van der Waals surface area (Å²) in [6.07, 6.45) is 1.31. The average Bonchev–Trinajstić information content (AvgIpc) is 3.07. The first-order valence-electron chi connectivity index (χ1n) is 14.3. The number of nitrogens with one attached hydrogen (secondary N) is 2. The molecule has 0 fully saturated rings. The Hall–Kier alpha value is -5.13. The molecule has 0 heterocycles. The molecule has 0 bridgehead atoms. The van der Waals surface area contributed by atoms with Gasteiger partial charge in [0.25, 0.3) is 11.6 Å². The second kappa shape index (κ2) is 14.9. The molecule has 0 radical (unpaired) electrons. The van der Waals surface area contributed by atoms with Crippen LogP contribution in [0.1, 0.15) is 27.5 Å². The van der Waals surface area contributed by atoms with Gasteiger partial charge in [-0.3, -0.25) is 19.7 Å². The van der Waals surface area contributed by atoms with Crippen molar-refractivity contribution in [3.63, 3.8) is 0 Å². The van der Waals surface area contributed by atoms with Crippen LogP contribution in [0, 0.1) is 10.1 Å². The summed E-state index contributed by atoms with van der Waals surface area (Å²) in [6, 6.07) is 44.0. The highest BCUT2D eigenvalue weighted by Crippen LogP contribution is 2.35. The van der Waals surface area contributed by atoms with Gasteiger partial charge in [0.15, 0.2) is 0 Å². The molecule has 7 nitrogen and oxygen atoms in total. The van der Waals surface area contributed by atoms with Crippen LogP contribution in [0.15, 0.2) is 146 Å². The first-order chi connectivity index (χ1) is 21.5. The number of hydrogen-bond donors (Lipinski definition) is 2. The van der Waals surface area contributed by atoms with Crippen molar-refractivity contribution >= 4 is 36.0 Å². The predicted molar refractivity (Wildman–Crippen MR) is 176 cm³/mol. The van der Waals surface area contributed by atoms with E-state index < -0.39 is 24.8 Å². The van der Waals surface area contributed by atoms with Gasteiger partial charge < -0.3 is 10.6 Å². The van der Waals surface area contributed by atoms with Crippen LogP contribution >= 0.6 is 7.92 Å². The van der Waals surface area contributed by atoms with Crippen LogP contribution in [-0.4, -0.2) is 28.9 Å². The predicted octanol–water partition coefficient (Wildman–Crippen LogP) is 5.93. The van der Waals surface area contributed by atoms with Gasteiger partial charge in [-0.05, 0) is 54.4 Å². The normalized spacial score (nSPS) is 12.2. The van der Waals surface area contributed by atoms with Crippen molar-refractivity contribution in [3.8, 4) is 0 Å². The third-order valence-electron chi connectivity index (χ3n) is 7.22. The van der Waals surface area contributed by atoms with E-state index in [-0.39, 0.29) is 23.2 Å². The summed E-state index contributed by atoms with van der Waals surface area (Å²) in [6.45, 7) is 0. The van der Waals surface area contributed by atoms with Gasteiger partial charge in [-0.1, -0.05) is 121 Å². The zero-order chi connectivity index (χ0) is 30.7. The Morgan fingerprint density at radius 2 is 1.16 bits per heavy atom. The monoisotopic (exact) mass is 601 g/mol. The van der Waals surface area contributed by atoms with Gasteiger partial charge in [0, 0.05) is 23.7 Å². The summed E-state index contributed by atoms with van der Waals surface area (Å²) in [5.41, 5.74) is 1.84. The minimum absolute atomic E-state index is 0.115. The molecule has 5 aromatic carbocycles. The van der Waals surface area contributed by atoms with Crippen molar-refractivity contribution in [1.29, 1.82) is 0 Å². The SMILES string of the molecule is O=C(N[C@H](C(=O)N[C@@H](Cc1ccccc1)CP(c1ccccc1)c1ccccc1)c1ccccc1)c1ccc([N+](=O)[O-])cc1. The first kappa shape index (κ1) is 30.3. The van der Waals surface area contributed by atoms with E-state index in [9.17, 15) is 19.7 Å². The second-order valence-corrected chi connectivity index (χ2v) is 12.6. The Bertz CT molecular complexity index is 1630. The molecule has 0 aromatic heterocycles. The van der Waals surface area contributed by atoms with Crippen LogP contribution in [-0.2, 0) is 11.2 Å². The lowest BCUT2D eigenvalue weighted by molar-refractivity contribution is -0.384. The van der Waals surface area contributed by atoms with E-state index in [4.69, 9.17) is 0 Å². The lowest BCUT2D eigenvalue weighted by atomic mass is 10.0. The van der Waals surface area contributed by atoms with Crippen molar-refractivity contribution in [2.45, 2.75) is 18.5 Å². The van der Waals surface area contributed by atoms with E-state index in [2.05, 4.69) is 47.0 Å². The second-order valence-electron chi connectivity index (χ2n) is 10.3. The van der Waals surface area contributed by atoms with Crippen LogP contribution in [0.5, 0.6) is 0 Å². The molecule has 0 unspecified atom stereocenters. The largest absolute Gasteiger partial charge is 0.351 e. The molecular formula is C36H32N3O4P. The number of nitro benzene ring substituents is 1. The average molecular weight is 602 g/mol. The molecule has 8 heteroatoms. The molecule has 220 valence electrons. The van der Waals surface area contributed by atoms with Crippen molar-refractivity contribution in [3.05, 3.63) is 172 Å². The van der Waals surface area contributed by atoms with Gasteiger partial charge in [0.2, 0.25) is 5.91 Å². The molecular weight excluding hydrogens is 569 g/mol. The van der Waals surface area contributed by atoms with Crippen molar-refractivity contribution in [2.24, 2.45) is 0 Å². The van der Waals surface area contributed by atoms with E-state index in [0.29, 0.717) is 18.1 Å². The highest BCUT2D eigenvalue weighted by molar-refractivity contribution is 7.73. The summed E-state index contributed by atoms with van der Waals surface area (Å²) >= 11 is 0. The molecule has 5 rings (SSSR count). The van der Waals surface area contributed by atoms with Crippen molar-refractivity contribution < 1.29 is 14.5 Å². The van der Waals surface area contributed by atoms with Gasteiger partial charge in [-0.25, -0.2) is 0 Å². The highest BCUT2D eigenvalue weighted by Gasteiger charge is 2.28. The highest BCUT2D eigenvalue weighted by atomic mass is 31.1. The Labute approximate surface area is 257 Å². The van der Waals surface area contributed by atoms with Gasteiger partial charge in [0.1, 0.15) is 6.04 Å². The lowest BCUT2D eigenvalue weighted by Crippen LogP contribution is -2.46. The molecule has 5 aromatic rings. The standard InChI is InChI=1S/C36H32N3O4P/c40-35(29-21-23-31(24-22-29)39(42)43)38-34(28-15-7-2-8-16-28)36(41)37-30(25-27-13-5-1-6-14-27)26-44(32-17-9-3-10-18-32)33-19-11-4-12-20-33/h1-24,30,34H,25-26H2,(H,37,41)(H,38,40)/t30-,34-/m0/s1. The summed E-state index contributed by atoms with van der Waals surface area (Å²) in [4.78, 5) is 37.9. The van der Waals surface area contributed by atoms with Crippen LogP contribution in [0.2, 0.25) is 0 Å². The number of benzene rings is 5. The minimum atomic E-state index is -0.975. The summed E-state index contributed by atoms with van der Waals surface area (Å²) in [5, 5.41) is 19.7. The van der Waals surface area contributed by atoms with Gasteiger partial charge in [0.05, 0.1) is 4.92 Å². The topological polar surface area (TPSA) is 101 Å². The molecule has 44 heavy (non-hydrogen) atoms. The number of amides is 2. The quantitative estimate of drug-likeness (QED) is 0.105. The maximum Gasteiger partial charge on any atom is 0.269 e. The molecule has 0 aliphatic carbocycles. The summed E-state index contributed by atoms with van der Waals surface area (Å²) in [5.74, 6) is -0.831. The molecule has 0 aliphatic heterocycles.